The highest BCUT2D eigenvalue weighted by Gasteiger charge is 2.25. The molecule has 2 aliphatic heterocycles. The highest BCUT2D eigenvalue weighted by molar-refractivity contribution is 8.18. The van der Waals surface area contributed by atoms with Gasteiger partial charge < -0.3 is 9.80 Å². The molecule has 2 saturated heterocycles. The van der Waals surface area contributed by atoms with E-state index in [-0.39, 0.29) is 11.1 Å². The van der Waals surface area contributed by atoms with Gasteiger partial charge in [0.15, 0.2) is 0 Å². The molecular formula is C24H23N5O2S. The minimum absolute atomic E-state index is 0.345. The first-order valence-electron chi connectivity index (χ1n) is 10.5. The molecule has 2 fully saturated rings. The first kappa shape index (κ1) is 20.7. The van der Waals surface area contributed by atoms with Crippen molar-refractivity contribution in [3.8, 4) is 11.3 Å². The number of aryl methyl sites for hydroxylation is 1. The van der Waals surface area contributed by atoms with Gasteiger partial charge in [0.1, 0.15) is 5.82 Å². The largest absolute Gasteiger partial charge is 0.369 e. The van der Waals surface area contributed by atoms with E-state index in [2.05, 4.69) is 51.4 Å². The maximum absolute atomic E-state index is 11.9. The van der Waals surface area contributed by atoms with Crippen LogP contribution in [0.1, 0.15) is 11.4 Å². The van der Waals surface area contributed by atoms with Crippen LogP contribution in [0.5, 0.6) is 0 Å². The van der Waals surface area contributed by atoms with Gasteiger partial charge in [0.25, 0.3) is 11.1 Å². The number of imide groups is 1. The first-order valence-corrected chi connectivity index (χ1v) is 11.3. The number of nitrogens with one attached hydrogen (secondary N) is 1. The number of nitrogens with zero attached hydrogens (tertiary/aromatic N) is 4. The number of fused-ring (bicyclic) bond motifs is 1. The maximum atomic E-state index is 11.9. The summed E-state index contributed by atoms with van der Waals surface area (Å²) >= 11 is 0.915. The lowest BCUT2D eigenvalue weighted by molar-refractivity contribution is -0.115. The van der Waals surface area contributed by atoms with E-state index in [0.717, 1.165) is 65.7 Å². The first-order chi connectivity index (χ1) is 15.5. The number of likely N-dealkylation sites (N-methyl/N-ethyl adjacent to an activating group) is 1. The molecule has 3 aromatic rings. The number of amides is 2. The topological polar surface area (TPSA) is 78.4 Å². The number of carbonyl (C=O) groups is 2. The van der Waals surface area contributed by atoms with Crippen LogP contribution in [0.4, 0.5) is 10.5 Å². The van der Waals surface area contributed by atoms with Gasteiger partial charge in [-0.15, -0.1) is 0 Å². The van der Waals surface area contributed by atoms with Gasteiger partial charge in [-0.1, -0.05) is 18.2 Å². The predicted molar refractivity (Wildman–Crippen MR) is 129 cm³/mol. The molecule has 8 heteroatoms. The number of piperazine rings is 1. The summed E-state index contributed by atoms with van der Waals surface area (Å²) in [7, 11) is 2.16. The zero-order valence-corrected chi connectivity index (χ0v) is 18.8. The molecule has 0 aliphatic carbocycles. The number of hydrogen-bond donors (Lipinski definition) is 1. The summed E-state index contributed by atoms with van der Waals surface area (Å²) < 4.78 is 0. The van der Waals surface area contributed by atoms with Gasteiger partial charge in [0.2, 0.25) is 0 Å². The SMILES string of the molecule is Cc1nc(-c2ccc(N3CCN(C)CC3)cc2)c2cc(/C=C3\SC(=O)NC3=O)ccc2n1. The standard InChI is InChI=1S/C24H23N5O2S/c1-15-25-20-8-3-16(14-21-23(30)27-24(31)32-21)13-19(20)22(26-15)17-4-6-18(7-5-17)29-11-9-28(2)10-12-29/h3-8,13-14H,9-12H2,1-2H3,(H,27,30,31)/b21-14-. The minimum atomic E-state index is -0.361. The van der Waals surface area contributed by atoms with Crippen LogP contribution in [0.25, 0.3) is 28.2 Å². The highest BCUT2D eigenvalue weighted by atomic mass is 32.2. The fourth-order valence-corrected chi connectivity index (χ4v) is 4.72. The molecule has 5 rings (SSSR count). The molecule has 1 N–H and O–H groups in total. The third-order valence-corrected chi connectivity index (χ3v) is 6.59. The molecule has 3 heterocycles. The summed E-state index contributed by atoms with van der Waals surface area (Å²) in [6.07, 6.45) is 1.73. The van der Waals surface area contributed by atoms with Gasteiger partial charge in [-0.3, -0.25) is 14.9 Å². The smallest absolute Gasteiger partial charge is 0.290 e. The Morgan fingerprint density at radius 1 is 1.00 bits per heavy atom. The molecule has 2 aromatic carbocycles. The third-order valence-electron chi connectivity index (χ3n) is 5.78. The molecule has 7 nitrogen and oxygen atoms in total. The summed E-state index contributed by atoms with van der Waals surface area (Å²) in [6, 6.07) is 14.3. The summed E-state index contributed by atoms with van der Waals surface area (Å²) in [5.41, 5.74) is 4.77. The van der Waals surface area contributed by atoms with Crippen molar-refractivity contribution in [2.24, 2.45) is 0 Å². The average Bonchev–Trinajstić information content (AvgIpc) is 3.10. The van der Waals surface area contributed by atoms with E-state index >= 15 is 0 Å². The van der Waals surface area contributed by atoms with Gasteiger partial charge in [-0.2, -0.15) is 0 Å². The second-order valence-electron chi connectivity index (χ2n) is 8.09. The number of carbonyl (C=O) groups excluding carboxylic acids is 2. The van der Waals surface area contributed by atoms with Crippen molar-refractivity contribution in [2.75, 3.05) is 38.1 Å². The lowest BCUT2D eigenvalue weighted by Crippen LogP contribution is -2.44. The monoisotopic (exact) mass is 445 g/mol. The molecule has 0 unspecified atom stereocenters. The lowest BCUT2D eigenvalue weighted by atomic mass is 10.0. The van der Waals surface area contributed by atoms with Gasteiger partial charge in [0.05, 0.1) is 16.1 Å². The van der Waals surface area contributed by atoms with Crippen molar-refractivity contribution in [1.29, 1.82) is 0 Å². The molecule has 2 amide bonds. The highest BCUT2D eigenvalue weighted by Crippen LogP contribution is 2.31. The van der Waals surface area contributed by atoms with E-state index in [0.29, 0.717) is 10.7 Å². The van der Waals surface area contributed by atoms with Crippen molar-refractivity contribution < 1.29 is 9.59 Å². The Hall–Kier alpha value is -3.23. The molecule has 2 aliphatic rings. The maximum Gasteiger partial charge on any atom is 0.290 e. The Balaban J connectivity index is 1.51. The Bertz CT molecular complexity index is 1250. The fourth-order valence-electron chi connectivity index (χ4n) is 4.04. The van der Waals surface area contributed by atoms with Crippen LogP contribution in [-0.2, 0) is 4.79 Å². The Morgan fingerprint density at radius 2 is 1.75 bits per heavy atom. The number of benzene rings is 2. The number of rotatable bonds is 3. The number of hydrogen-bond acceptors (Lipinski definition) is 7. The predicted octanol–water partition coefficient (Wildman–Crippen LogP) is 3.68. The van der Waals surface area contributed by atoms with E-state index in [4.69, 9.17) is 4.98 Å². The molecule has 0 atom stereocenters. The van der Waals surface area contributed by atoms with E-state index in [1.54, 1.807) is 6.08 Å². The molecule has 0 spiro atoms. The van der Waals surface area contributed by atoms with Gasteiger partial charge in [-0.05, 0) is 61.6 Å². The quantitative estimate of drug-likeness (QED) is 0.616. The van der Waals surface area contributed by atoms with Crippen molar-refractivity contribution >= 4 is 45.6 Å². The third kappa shape index (κ3) is 4.11. The van der Waals surface area contributed by atoms with Crippen LogP contribution >= 0.6 is 11.8 Å². The molecule has 1 aromatic heterocycles. The molecule has 32 heavy (non-hydrogen) atoms. The summed E-state index contributed by atoms with van der Waals surface area (Å²) in [6.45, 7) is 6.08. The second kappa shape index (κ2) is 8.37. The van der Waals surface area contributed by atoms with E-state index < -0.39 is 0 Å². The Morgan fingerprint density at radius 3 is 2.44 bits per heavy atom. The van der Waals surface area contributed by atoms with Gasteiger partial charge in [-0.25, -0.2) is 9.97 Å². The zero-order chi connectivity index (χ0) is 22.2. The lowest BCUT2D eigenvalue weighted by Gasteiger charge is -2.34. The van der Waals surface area contributed by atoms with E-state index in [1.165, 1.54) is 5.69 Å². The summed E-state index contributed by atoms with van der Waals surface area (Å²) in [4.78, 5) is 37.8. The Kier molecular flexibility index (Phi) is 5.40. The number of anilines is 1. The number of aromatic nitrogens is 2. The molecule has 162 valence electrons. The van der Waals surface area contributed by atoms with Crippen LogP contribution in [-0.4, -0.2) is 59.2 Å². The normalized spacial score (nSPS) is 18.6. The van der Waals surface area contributed by atoms with Crippen LogP contribution < -0.4 is 10.2 Å². The minimum Gasteiger partial charge on any atom is -0.369 e. The van der Waals surface area contributed by atoms with Crippen molar-refractivity contribution in [3.05, 3.63) is 58.8 Å². The molecule has 0 saturated carbocycles. The van der Waals surface area contributed by atoms with Gasteiger partial charge in [0, 0.05) is 42.8 Å². The van der Waals surface area contributed by atoms with Gasteiger partial charge >= 0.3 is 0 Å². The fraction of sp³-hybridized carbons (Fsp3) is 0.250. The summed E-state index contributed by atoms with van der Waals surface area (Å²) in [5, 5.41) is 2.85. The number of thioether (sulfide) groups is 1. The van der Waals surface area contributed by atoms with Crippen LogP contribution in [0.3, 0.4) is 0 Å². The molecular weight excluding hydrogens is 422 g/mol. The van der Waals surface area contributed by atoms with Crippen LogP contribution in [0.2, 0.25) is 0 Å². The molecule has 0 bridgehead atoms. The molecule has 0 radical (unpaired) electrons. The van der Waals surface area contributed by atoms with Crippen molar-refractivity contribution in [3.63, 3.8) is 0 Å². The van der Waals surface area contributed by atoms with Crippen LogP contribution in [0, 0.1) is 6.92 Å². The van der Waals surface area contributed by atoms with E-state index in [1.807, 2.05) is 25.1 Å². The second-order valence-corrected chi connectivity index (χ2v) is 9.10. The van der Waals surface area contributed by atoms with Crippen molar-refractivity contribution in [1.82, 2.24) is 20.2 Å². The zero-order valence-electron chi connectivity index (χ0n) is 18.0. The van der Waals surface area contributed by atoms with Crippen molar-refractivity contribution in [2.45, 2.75) is 6.92 Å². The average molecular weight is 446 g/mol. The Labute approximate surface area is 190 Å². The summed E-state index contributed by atoms with van der Waals surface area (Å²) in [5.74, 6) is 0.345. The van der Waals surface area contributed by atoms with E-state index in [9.17, 15) is 9.59 Å². The van der Waals surface area contributed by atoms with Crippen LogP contribution in [0.15, 0.2) is 47.4 Å².